The van der Waals surface area contributed by atoms with Gasteiger partial charge in [-0.05, 0) is 47.6 Å². The van der Waals surface area contributed by atoms with Crippen LogP contribution in [0.1, 0.15) is 56.7 Å². The van der Waals surface area contributed by atoms with Gasteiger partial charge in [-0.1, -0.05) is 76.4 Å². The van der Waals surface area contributed by atoms with Crippen molar-refractivity contribution in [3.05, 3.63) is 65.2 Å². The molecule has 0 radical (unpaired) electrons. The highest BCUT2D eigenvalue weighted by Gasteiger charge is 2.05. The van der Waals surface area contributed by atoms with Crippen LogP contribution in [-0.2, 0) is 19.4 Å². The van der Waals surface area contributed by atoms with Crippen LogP contribution in [0, 0.1) is 5.92 Å². The van der Waals surface area contributed by atoms with Crippen LogP contribution in [0.2, 0.25) is 0 Å². The van der Waals surface area contributed by atoms with Gasteiger partial charge in [0.25, 0.3) is 0 Å². The maximum absolute atomic E-state index is 5.90. The van der Waals surface area contributed by atoms with Crippen LogP contribution in [0.15, 0.2) is 48.5 Å². The lowest BCUT2D eigenvalue weighted by Gasteiger charge is -2.13. The van der Waals surface area contributed by atoms with E-state index in [4.69, 9.17) is 4.74 Å². The maximum atomic E-state index is 5.90. The summed E-state index contributed by atoms with van der Waals surface area (Å²) in [4.78, 5) is 0. The molecule has 0 fully saturated rings. The van der Waals surface area contributed by atoms with Crippen LogP contribution >= 0.6 is 0 Å². The summed E-state index contributed by atoms with van der Waals surface area (Å²) in [5, 5.41) is 0. The highest BCUT2D eigenvalue weighted by Crippen LogP contribution is 2.19. The van der Waals surface area contributed by atoms with E-state index in [1.807, 2.05) is 0 Å². The van der Waals surface area contributed by atoms with E-state index < -0.39 is 0 Å². The lowest BCUT2D eigenvalue weighted by molar-refractivity contribution is 0.306. The topological polar surface area (TPSA) is 9.23 Å². The van der Waals surface area contributed by atoms with Crippen molar-refractivity contribution in [3.8, 4) is 5.75 Å². The summed E-state index contributed by atoms with van der Waals surface area (Å²) < 4.78 is 5.90. The quantitative estimate of drug-likeness (QED) is 0.536. The zero-order chi connectivity index (χ0) is 16.5. The van der Waals surface area contributed by atoms with E-state index in [-0.39, 0.29) is 0 Å². The van der Waals surface area contributed by atoms with Gasteiger partial charge in [0.2, 0.25) is 0 Å². The average molecular weight is 310 g/mol. The fraction of sp³-hybridized carbons (Fsp3) is 0.455. The van der Waals surface area contributed by atoms with Gasteiger partial charge in [0.15, 0.2) is 0 Å². The normalized spacial score (nSPS) is 11.0. The number of hydrogen-bond donors (Lipinski definition) is 0. The molecule has 2 aromatic rings. The molecule has 0 heterocycles. The van der Waals surface area contributed by atoms with Crippen molar-refractivity contribution in [2.45, 2.75) is 59.5 Å². The van der Waals surface area contributed by atoms with Gasteiger partial charge in [-0.3, -0.25) is 0 Å². The number of ether oxygens (including phenoxy) is 1. The Hall–Kier alpha value is -1.76. The van der Waals surface area contributed by atoms with Gasteiger partial charge >= 0.3 is 0 Å². The second-order valence-corrected chi connectivity index (χ2v) is 6.39. The molecule has 2 rings (SSSR count). The molecular weight excluding hydrogens is 280 g/mol. The molecule has 0 bridgehead atoms. The third-order valence-electron chi connectivity index (χ3n) is 4.57. The van der Waals surface area contributed by atoms with Gasteiger partial charge in [-0.15, -0.1) is 0 Å². The molecule has 0 aromatic heterocycles. The molecule has 0 unspecified atom stereocenters. The summed E-state index contributed by atoms with van der Waals surface area (Å²) in [7, 11) is 0. The highest BCUT2D eigenvalue weighted by atomic mass is 16.5. The Morgan fingerprint density at radius 3 is 1.87 bits per heavy atom. The van der Waals surface area contributed by atoms with Gasteiger partial charge in [-0.2, -0.15) is 0 Å². The SMILES string of the molecule is CCCc1ccc(COc2ccc(CC(CC)CC)cc2)cc1. The summed E-state index contributed by atoms with van der Waals surface area (Å²) in [6, 6.07) is 17.4. The van der Waals surface area contributed by atoms with Gasteiger partial charge in [0.05, 0.1) is 0 Å². The Balaban J connectivity index is 1.86. The van der Waals surface area contributed by atoms with Crippen molar-refractivity contribution in [1.82, 2.24) is 0 Å². The summed E-state index contributed by atoms with van der Waals surface area (Å²) in [5.74, 6) is 1.75. The molecule has 0 saturated heterocycles. The van der Waals surface area contributed by atoms with Crippen molar-refractivity contribution >= 4 is 0 Å². The Labute approximate surface area is 141 Å². The molecule has 0 aliphatic carbocycles. The van der Waals surface area contributed by atoms with E-state index in [0.29, 0.717) is 6.61 Å². The minimum absolute atomic E-state index is 0.637. The molecule has 124 valence electrons. The van der Waals surface area contributed by atoms with Crippen LogP contribution in [0.4, 0.5) is 0 Å². The van der Waals surface area contributed by atoms with E-state index >= 15 is 0 Å². The molecule has 0 atom stereocenters. The van der Waals surface area contributed by atoms with Crippen LogP contribution in [-0.4, -0.2) is 0 Å². The van der Waals surface area contributed by atoms with Crippen molar-refractivity contribution in [1.29, 1.82) is 0 Å². The predicted octanol–water partition coefficient (Wildman–Crippen LogP) is 6.20. The highest BCUT2D eigenvalue weighted by molar-refractivity contribution is 5.28. The molecule has 0 amide bonds. The van der Waals surface area contributed by atoms with Crippen molar-refractivity contribution in [2.24, 2.45) is 5.92 Å². The Morgan fingerprint density at radius 2 is 1.30 bits per heavy atom. The van der Waals surface area contributed by atoms with Crippen molar-refractivity contribution < 1.29 is 4.74 Å². The van der Waals surface area contributed by atoms with E-state index in [1.54, 1.807) is 0 Å². The zero-order valence-electron chi connectivity index (χ0n) is 14.8. The second-order valence-electron chi connectivity index (χ2n) is 6.39. The Morgan fingerprint density at radius 1 is 0.739 bits per heavy atom. The van der Waals surface area contributed by atoms with Gasteiger partial charge < -0.3 is 4.74 Å². The molecule has 23 heavy (non-hydrogen) atoms. The van der Waals surface area contributed by atoms with Crippen LogP contribution in [0.3, 0.4) is 0 Å². The minimum atomic E-state index is 0.637. The zero-order valence-corrected chi connectivity index (χ0v) is 14.8. The number of aryl methyl sites for hydroxylation is 1. The molecule has 0 aliphatic rings. The Bertz CT molecular complexity index is 550. The third-order valence-corrected chi connectivity index (χ3v) is 4.57. The first kappa shape index (κ1) is 17.6. The largest absolute Gasteiger partial charge is 0.489 e. The van der Waals surface area contributed by atoms with Crippen molar-refractivity contribution in [2.75, 3.05) is 0 Å². The van der Waals surface area contributed by atoms with Gasteiger partial charge in [0.1, 0.15) is 12.4 Å². The fourth-order valence-electron chi connectivity index (χ4n) is 2.89. The first-order valence-corrected chi connectivity index (χ1v) is 9.04. The molecule has 1 heteroatoms. The fourth-order valence-corrected chi connectivity index (χ4v) is 2.89. The van der Waals surface area contributed by atoms with E-state index in [2.05, 4.69) is 69.3 Å². The second kappa shape index (κ2) is 9.39. The Kier molecular flexibility index (Phi) is 7.19. The third kappa shape index (κ3) is 5.74. The lowest BCUT2D eigenvalue weighted by Crippen LogP contribution is -2.01. The van der Waals surface area contributed by atoms with Gasteiger partial charge in [-0.25, -0.2) is 0 Å². The number of benzene rings is 2. The molecule has 0 spiro atoms. The molecule has 0 saturated carbocycles. The lowest BCUT2D eigenvalue weighted by atomic mass is 9.95. The molecule has 0 aliphatic heterocycles. The maximum Gasteiger partial charge on any atom is 0.119 e. The molecular formula is C22H30O. The van der Waals surface area contributed by atoms with Crippen molar-refractivity contribution in [3.63, 3.8) is 0 Å². The van der Waals surface area contributed by atoms with E-state index in [9.17, 15) is 0 Å². The molecule has 0 N–H and O–H groups in total. The number of hydrogen-bond acceptors (Lipinski definition) is 1. The summed E-state index contributed by atoms with van der Waals surface area (Å²) in [5.41, 5.74) is 4.04. The summed E-state index contributed by atoms with van der Waals surface area (Å²) in [6.45, 7) is 7.40. The number of rotatable bonds is 9. The summed E-state index contributed by atoms with van der Waals surface area (Å²) in [6.07, 6.45) is 6.02. The average Bonchev–Trinajstić information content (AvgIpc) is 2.60. The van der Waals surface area contributed by atoms with E-state index in [0.717, 1.165) is 18.1 Å². The van der Waals surface area contributed by atoms with Crippen LogP contribution in [0.25, 0.3) is 0 Å². The first-order chi connectivity index (χ1) is 11.2. The van der Waals surface area contributed by atoms with Crippen LogP contribution in [0.5, 0.6) is 5.75 Å². The smallest absolute Gasteiger partial charge is 0.119 e. The standard InChI is InChI=1S/C22H30O/c1-4-7-19-8-10-21(11-9-19)17-23-22-14-12-20(13-15-22)16-18(5-2)6-3/h8-15,18H,4-7,16-17H2,1-3H3. The summed E-state index contributed by atoms with van der Waals surface area (Å²) >= 11 is 0. The monoisotopic (exact) mass is 310 g/mol. The van der Waals surface area contributed by atoms with Crippen LogP contribution < -0.4 is 4.74 Å². The molecule has 1 nitrogen and oxygen atoms in total. The van der Waals surface area contributed by atoms with E-state index in [1.165, 1.54) is 42.4 Å². The predicted molar refractivity (Wildman–Crippen MR) is 99.0 cm³/mol. The minimum Gasteiger partial charge on any atom is -0.489 e. The molecule has 2 aromatic carbocycles. The van der Waals surface area contributed by atoms with Gasteiger partial charge in [0, 0.05) is 0 Å². The first-order valence-electron chi connectivity index (χ1n) is 9.04.